The van der Waals surface area contributed by atoms with E-state index in [4.69, 9.17) is 39.3 Å². The van der Waals surface area contributed by atoms with E-state index in [0.717, 1.165) is 21.8 Å². The fraction of sp³-hybridized carbons (Fsp3) is 0.382. The molecule has 0 unspecified atom stereocenters. The van der Waals surface area contributed by atoms with E-state index < -0.39 is 23.3 Å². The highest BCUT2D eigenvalue weighted by molar-refractivity contribution is 5.94. The van der Waals surface area contributed by atoms with Crippen LogP contribution in [-0.4, -0.2) is 144 Å². The average Bonchev–Trinajstić information content (AvgIpc) is 3.99. The number of amides is 3. The van der Waals surface area contributed by atoms with Gasteiger partial charge in [0.2, 0.25) is 0 Å². The van der Waals surface area contributed by atoms with Crippen LogP contribution in [0.5, 0.6) is 23.0 Å². The van der Waals surface area contributed by atoms with Crippen molar-refractivity contribution < 1.29 is 52.7 Å². The molecule has 23 nitrogen and oxygen atoms in total. The number of fused-ring (bicyclic) bond motifs is 4. The van der Waals surface area contributed by atoms with Gasteiger partial charge in [-0.3, -0.25) is 23.6 Å². The molecule has 8 rings (SSSR count). The topological polar surface area (TPSA) is 275 Å². The molecule has 6 aromatic heterocycles. The number of carbonyl (C=O) groups is 4. The van der Waals surface area contributed by atoms with Crippen molar-refractivity contribution in [1.82, 2.24) is 54.3 Å². The molecule has 0 aliphatic heterocycles. The first kappa shape index (κ1) is 63.4. The maximum atomic E-state index is 12.7. The number of methoxy groups -OCH3 is 2. The third kappa shape index (κ3) is 17.3. The number of hydrogen-bond acceptors (Lipinski definition) is 17. The number of carboxylic acids is 1. The Labute approximate surface area is 454 Å². The maximum Gasteiger partial charge on any atom is 0.410 e. The SMILES string of the molecule is C.C.C.CN(CCN)C(=O)OC(C)(C)C.COc1ccc2c(OCc3nnc4ccc(C(=O)NCCN(C)C(=O)OC(C)(C)C)cn34)ccnc2c1.COc1ccc2c(OCc3nnc4ccc(C(=O)O)cn34)ccnc2c1. The van der Waals surface area contributed by atoms with Crippen LogP contribution in [0.4, 0.5) is 9.59 Å². The number of hydrogen-bond donors (Lipinski definition) is 3. The van der Waals surface area contributed by atoms with Crippen molar-refractivity contribution in [3.8, 4) is 23.0 Å². The quantitative estimate of drug-likeness (QED) is 0.0865. The van der Waals surface area contributed by atoms with Crippen molar-refractivity contribution in [3.63, 3.8) is 0 Å². The molecule has 0 aliphatic rings. The Morgan fingerprint density at radius 3 is 1.47 bits per heavy atom. The van der Waals surface area contributed by atoms with E-state index in [1.807, 2.05) is 57.2 Å². The fourth-order valence-corrected chi connectivity index (χ4v) is 6.82. The summed E-state index contributed by atoms with van der Waals surface area (Å²) in [6.07, 6.45) is 5.69. The second-order valence-electron chi connectivity index (χ2n) is 18.6. The first-order valence-corrected chi connectivity index (χ1v) is 23.5. The molecule has 0 saturated heterocycles. The lowest BCUT2D eigenvalue weighted by Crippen LogP contribution is -2.39. The molecule has 0 radical (unpaired) electrons. The number of likely N-dealkylation sites (N-methyl/N-ethyl adjacent to an activating group) is 2. The summed E-state index contributed by atoms with van der Waals surface area (Å²) in [6, 6.07) is 21.1. The number of ether oxygens (including phenoxy) is 6. The van der Waals surface area contributed by atoms with E-state index in [1.54, 1.807) is 107 Å². The molecule has 420 valence electrons. The lowest BCUT2D eigenvalue weighted by molar-refractivity contribution is 0.0291. The number of pyridine rings is 4. The first-order chi connectivity index (χ1) is 35.7. The van der Waals surface area contributed by atoms with Crippen molar-refractivity contribution in [2.24, 2.45) is 5.73 Å². The number of nitrogens with zero attached hydrogens (tertiary/aromatic N) is 10. The van der Waals surface area contributed by atoms with Crippen molar-refractivity contribution in [2.75, 3.05) is 54.5 Å². The zero-order valence-electron chi connectivity index (χ0n) is 43.6. The molecule has 0 aliphatic carbocycles. The average molecular weight is 1080 g/mol. The molecular weight excluding hydrogens is 1000 g/mol. The number of carbonyl (C=O) groups excluding carboxylic acids is 3. The van der Waals surface area contributed by atoms with Crippen LogP contribution in [0, 0.1) is 0 Å². The summed E-state index contributed by atoms with van der Waals surface area (Å²) < 4.78 is 36.1. The number of carboxylic acid groups (broad SMARTS) is 1. The van der Waals surface area contributed by atoms with Gasteiger partial charge in [-0.1, -0.05) is 22.3 Å². The maximum absolute atomic E-state index is 12.7. The lowest BCUT2D eigenvalue weighted by Gasteiger charge is -2.24. The highest BCUT2D eigenvalue weighted by Crippen LogP contribution is 2.29. The van der Waals surface area contributed by atoms with Gasteiger partial charge in [0.15, 0.2) is 22.9 Å². The van der Waals surface area contributed by atoms with Gasteiger partial charge in [0.1, 0.15) is 47.4 Å². The van der Waals surface area contributed by atoms with Crippen LogP contribution in [0.15, 0.2) is 97.6 Å². The minimum atomic E-state index is -1.01. The van der Waals surface area contributed by atoms with Crippen LogP contribution in [0.25, 0.3) is 33.1 Å². The van der Waals surface area contributed by atoms with Crippen molar-refractivity contribution in [3.05, 3.63) is 120 Å². The van der Waals surface area contributed by atoms with Gasteiger partial charge in [-0.2, -0.15) is 0 Å². The highest BCUT2D eigenvalue weighted by Gasteiger charge is 2.21. The molecule has 0 fully saturated rings. The Bertz CT molecular complexity index is 3280. The summed E-state index contributed by atoms with van der Waals surface area (Å²) in [7, 11) is 6.50. The molecule has 78 heavy (non-hydrogen) atoms. The van der Waals surface area contributed by atoms with Crippen LogP contribution >= 0.6 is 0 Å². The second-order valence-corrected chi connectivity index (χ2v) is 18.6. The number of aromatic carboxylic acids is 1. The van der Waals surface area contributed by atoms with Crippen LogP contribution < -0.4 is 30.0 Å². The van der Waals surface area contributed by atoms with Gasteiger partial charge in [0, 0.05) is 88.0 Å². The van der Waals surface area contributed by atoms with E-state index >= 15 is 0 Å². The van der Waals surface area contributed by atoms with Gasteiger partial charge in [-0.15, -0.1) is 20.4 Å². The molecule has 4 N–H and O–H groups in total. The number of nitrogens with two attached hydrogens (primary N) is 1. The van der Waals surface area contributed by atoms with Crippen molar-refractivity contribution >= 4 is 57.2 Å². The van der Waals surface area contributed by atoms with Gasteiger partial charge in [0.25, 0.3) is 5.91 Å². The van der Waals surface area contributed by atoms with Gasteiger partial charge >= 0.3 is 18.2 Å². The van der Waals surface area contributed by atoms with Crippen LogP contribution in [-0.2, 0) is 22.7 Å². The largest absolute Gasteiger partial charge is 0.497 e. The van der Waals surface area contributed by atoms with Crippen LogP contribution in [0.3, 0.4) is 0 Å². The predicted molar refractivity (Wildman–Crippen MR) is 297 cm³/mol. The number of benzene rings is 2. The lowest BCUT2D eigenvalue weighted by atomic mass is 10.2. The molecule has 0 spiro atoms. The highest BCUT2D eigenvalue weighted by atomic mass is 16.6. The van der Waals surface area contributed by atoms with E-state index in [-0.39, 0.29) is 59.6 Å². The third-order valence-electron chi connectivity index (χ3n) is 10.6. The standard InChI is InChI=1S/C26H30N6O5.C18H14N4O4.C8H18N2O2.3CH4/c1-26(2,3)37-25(34)31(4)13-12-28-24(33)17-6-9-22-29-30-23(32(22)15-17)16-36-21-10-11-27-20-14-18(35-5)7-8-19(20)21;1-25-12-3-4-13-14(8-12)19-7-6-15(13)26-10-17-21-20-16-5-2-11(18(23)24)9-22(16)17;1-8(2,3)12-7(11)10(4)6-5-9;;;/h6-11,14-15H,12-13,16H2,1-5H3,(H,28,33);2-9H,10H2,1H3,(H,23,24);5-6,9H2,1-4H3;3*1H4. The second kappa shape index (κ2) is 28.3. The zero-order valence-corrected chi connectivity index (χ0v) is 43.6. The molecule has 6 heterocycles. The third-order valence-corrected chi connectivity index (χ3v) is 10.6. The Morgan fingerprint density at radius 2 is 1.05 bits per heavy atom. The van der Waals surface area contributed by atoms with Crippen LogP contribution in [0.2, 0.25) is 0 Å². The summed E-state index contributed by atoms with van der Waals surface area (Å²) in [5.74, 6) is 2.45. The summed E-state index contributed by atoms with van der Waals surface area (Å²) in [4.78, 5) is 58.7. The molecule has 0 atom stereocenters. The number of aromatic nitrogens is 8. The molecule has 8 aromatic rings. The minimum absolute atomic E-state index is 0. The van der Waals surface area contributed by atoms with Crippen molar-refractivity contribution in [1.29, 1.82) is 0 Å². The summed E-state index contributed by atoms with van der Waals surface area (Å²) in [5, 5.41) is 30.1. The monoisotopic (exact) mass is 1080 g/mol. The molecule has 3 amide bonds. The predicted octanol–water partition coefficient (Wildman–Crippen LogP) is 8.75. The number of nitrogens with one attached hydrogen (secondary N) is 1. The Hall–Kier alpha value is -8.86. The van der Waals surface area contributed by atoms with Gasteiger partial charge in [-0.05, 0) is 102 Å². The molecule has 0 bridgehead atoms. The minimum Gasteiger partial charge on any atom is -0.497 e. The smallest absolute Gasteiger partial charge is 0.410 e. The summed E-state index contributed by atoms with van der Waals surface area (Å²) in [6.45, 7) is 12.7. The van der Waals surface area contributed by atoms with E-state index in [1.165, 1.54) is 22.1 Å². The van der Waals surface area contributed by atoms with Gasteiger partial charge < -0.3 is 54.4 Å². The molecule has 0 saturated carbocycles. The Kier molecular flexibility index (Phi) is 23.0. The Morgan fingerprint density at radius 1 is 0.615 bits per heavy atom. The fourth-order valence-electron chi connectivity index (χ4n) is 6.82. The van der Waals surface area contributed by atoms with Gasteiger partial charge in [-0.25, -0.2) is 14.4 Å². The first-order valence-electron chi connectivity index (χ1n) is 23.5. The molecule has 23 heteroatoms. The van der Waals surface area contributed by atoms with E-state index in [0.29, 0.717) is 71.1 Å². The zero-order chi connectivity index (χ0) is 54.5. The van der Waals surface area contributed by atoms with Gasteiger partial charge in [0.05, 0.1) is 36.4 Å². The summed E-state index contributed by atoms with van der Waals surface area (Å²) in [5.41, 5.74) is 7.49. The summed E-state index contributed by atoms with van der Waals surface area (Å²) >= 11 is 0. The normalized spacial score (nSPS) is 10.8. The van der Waals surface area contributed by atoms with Crippen molar-refractivity contribution in [2.45, 2.75) is 88.2 Å². The number of rotatable bonds is 15. The van der Waals surface area contributed by atoms with Crippen LogP contribution in [0.1, 0.15) is 96.2 Å². The molecular formula is C55H74N12O11. The van der Waals surface area contributed by atoms with E-state index in [2.05, 4.69) is 35.7 Å². The van der Waals surface area contributed by atoms with E-state index in [9.17, 15) is 19.2 Å². The molecule has 2 aromatic carbocycles. The Balaban J connectivity index is 0.000000340.